The standard InChI is InChI=1S/C16H20N2OS.ClH/c1-10-6-11(2)15(12(3)7-10)14-9-20-16(18-14)13-8-19-5-4-17-13;/h6-7,9,13,17H,4-5,8H2,1-3H3;1H. The van der Waals surface area contributed by atoms with Crippen LogP contribution in [0.25, 0.3) is 11.3 Å². The van der Waals surface area contributed by atoms with Crippen LogP contribution in [0.5, 0.6) is 0 Å². The van der Waals surface area contributed by atoms with Gasteiger partial charge in [0.15, 0.2) is 0 Å². The maximum Gasteiger partial charge on any atom is 0.113 e. The number of nitrogens with one attached hydrogen (secondary N) is 1. The highest BCUT2D eigenvalue weighted by Crippen LogP contribution is 2.31. The second-order valence-electron chi connectivity index (χ2n) is 5.43. The Kier molecular flexibility index (Phi) is 5.38. The molecule has 2 heterocycles. The molecular weight excluding hydrogens is 304 g/mol. The number of benzene rings is 1. The summed E-state index contributed by atoms with van der Waals surface area (Å²) < 4.78 is 5.52. The predicted octanol–water partition coefficient (Wildman–Crippen LogP) is 3.82. The molecule has 0 saturated carbocycles. The summed E-state index contributed by atoms with van der Waals surface area (Å²) in [7, 11) is 0. The van der Waals surface area contributed by atoms with Gasteiger partial charge in [-0.25, -0.2) is 4.98 Å². The monoisotopic (exact) mass is 324 g/mol. The van der Waals surface area contributed by atoms with E-state index in [1.165, 1.54) is 22.3 Å². The zero-order valence-electron chi connectivity index (χ0n) is 12.6. The van der Waals surface area contributed by atoms with Crippen LogP contribution >= 0.6 is 23.7 Å². The van der Waals surface area contributed by atoms with Gasteiger partial charge in [0.25, 0.3) is 0 Å². The second kappa shape index (κ2) is 6.88. The molecule has 1 aromatic carbocycles. The summed E-state index contributed by atoms with van der Waals surface area (Å²) in [5, 5.41) is 6.75. The molecule has 0 aliphatic carbocycles. The van der Waals surface area contributed by atoms with Crippen LogP contribution in [-0.2, 0) is 4.74 Å². The third-order valence-corrected chi connectivity index (χ3v) is 4.63. The molecule has 114 valence electrons. The fourth-order valence-electron chi connectivity index (χ4n) is 2.87. The minimum atomic E-state index is 0. The Morgan fingerprint density at radius 1 is 1.24 bits per heavy atom. The Morgan fingerprint density at radius 3 is 2.57 bits per heavy atom. The van der Waals surface area contributed by atoms with Crippen molar-refractivity contribution in [3.8, 4) is 11.3 Å². The lowest BCUT2D eigenvalue weighted by molar-refractivity contribution is 0.0768. The Labute approximate surface area is 136 Å². The summed E-state index contributed by atoms with van der Waals surface area (Å²) in [4.78, 5) is 4.83. The van der Waals surface area contributed by atoms with Crippen LogP contribution in [0, 0.1) is 20.8 Å². The molecule has 1 aliphatic heterocycles. The number of hydrogen-bond donors (Lipinski definition) is 1. The largest absolute Gasteiger partial charge is 0.378 e. The first-order valence-corrected chi connectivity index (χ1v) is 7.88. The molecule has 3 rings (SSSR count). The number of aryl methyl sites for hydroxylation is 3. The molecule has 1 N–H and O–H groups in total. The van der Waals surface area contributed by atoms with E-state index in [1.54, 1.807) is 11.3 Å². The molecule has 0 bridgehead atoms. The molecule has 1 unspecified atom stereocenters. The molecule has 0 spiro atoms. The predicted molar refractivity (Wildman–Crippen MR) is 90.6 cm³/mol. The normalized spacial score (nSPS) is 18.3. The Bertz CT molecular complexity index is 597. The summed E-state index contributed by atoms with van der Waals surface area (Å²) >= 11 is 1.72. The number of rotatable bonds is 2. The van der Waals surface area contributed by atoms with Crippen molar-refractivity contribution in [1.29, 1.82) is 0 Å². The van der Waals surface area contributed by atoms with Gasteiger partial charge in [-0.3, -0.25) is 0 Å². The van der Waals surface area contributed by atoms with E-state index in [-0.39, 0.29) is 18.4 Å². The van der Waals surface area contributed by atoms with E-state index < -0.39 is 0 Å². The fraction of sp³-hybridized carbons (Fsp3) is 0.438. The van der Waals surface area contributed by atoms with Gasteiger partial charge in [-0.2, -0.15) is 0 Å². The third kappa shape index (κ3) is 3.46. The average Bonchev–Trinajstić information content (AvgIpc) is 2.88. The van der Waals surface area contributed by atoms with Crippen molar-refractivity contribution in [3.63, 3.8) is 0 Å². The molecule has 1 fully saturated rings. The quantitative estimate of drug-likeness (QED) is 0.912. The van der Waals surface area contributed by atoms with Gasteiger partial charge in [0.1, 0.15) is 5.01 Å². The highest BCUT2D eigenvalue weighted by Gasteiger charge is 2.19. The molecular formula is C16H21ClN2OS. The topological polar surface area (TPSA) is 34.1 Å². The summed E-state index contributed by atoms with van der Waals surface area (Å²) in [6.07, 6.45) is 0. The molecule has 1 atom stereocenters. The van der Waals surface area contributed by atoms with E-state index >= 15 is 0 Å². The summed E-state index contributed by atoms with van der Waals surface area (Å²) in [5.41, 5.74) is 6.27. The first-order valence-electron chi connectivity index (χ1n) is 7.00. The number of morpholine rings is 1. The van der Waals surface area contributed by atoms with Gasteiger partial charge in [-0.15, -0.1) is 23.7 Å². The number of halogens is 1. The minimum absolute atomic E-state index is 0. The van der Waals surface area contributed by atoms with Crippen molar-refractivity contribution in [2.45, 2.75) is 26.8 Å². The molecule has 0 amide bonds. The zero-order valence-corrected chi connectivity index (χ0v) is 14.2. The molecule has 5 heteroatoms. The number of thiazole rings is 1. The summed E-state index contributed by atoms with van der Waals surface area (Å²) in [5.74, 6) is 0. The van der Waals surface area contributed by atoms with Crippen molar-refractivity contribution in [2.75, 3.05) is 19.8 Å². The van der Waals surface area contributed by atoms with Crippen molar-refractivity contribution < 1.29 is 4.74 Å². The van der Waals surface area contributed by atoms with Crippen LogP contribution in [0.15, 0.2) is 17.5 Å². The summed E-state index contributed by atoms with van der Waals surface area (Å²) in [6.45, 7) is 8.89. The third-order valence-electron chi connectivity index (χ3n) is 3.67. The van der Waals surface area contributed by atoms with Crippen LogP contribution in [0.4, 0.5) is 0 Å². The maximum absolute atomic E-state index is 5.52. The summed E-state index contributed by atoms with van der Waals surface area (Å²) in [6, 6.07) is 4.70. The van der Waals surface area contributed by atoms with Gasteiger partial charge in [0.2, 0.25) is 0 Å². The van der Waals surface area contributed by atoms with Crippen molar-refractivity contribution >= 4 is 23.7 Å². The number of aromatic nitrogens is 1. The van der Waals surface area contributed by atoms with Crippen molar-refractivity contribution in [3.05, 3.63) is 39.2 Å². The Balaban J connectivity index is 0.00000161. The van der Waals surface area contributed by atoms with Crippen LogP contribution < -0.4 is 5.32 Å². The van der Waals surface area contributed by atoms with E-state index in [4.69, 9.17) is 9.72 Å². The van der Waals surface area contributed by atoms with Crippen molar-refractivity contribution in [1.82, 2.24) is 10.3 Å². The number of nitrogens with zero attached hydrogens (tertiary/aromatic N) is 1. The van der Waals surface area contributed by atoms with Gasteiger partial charge in [0, 0.05) is 17.5 Å². The van der Waals surface area contributed by atoms with E-state index in [2.05, 4.69) is 43.6 Å². The van der Waals surface area contributed by atoms with Crippen molar-refractivity contribution in [2.24, 2.45) is 0 Å². The SMILES string of the molecule is Cc1cc(C)c(-c2csc(C3COCCN3)n2)c(C)c1.Cl. The fourth-order valence-corrected chi connectivity index (χ4v) is 3.74. The molecule has 1 saturated heterocycles. The van der Waals surface area contributed by atoms with Gasteiger partial charge < -0.3 is 10.1 Å². The molecule has 3 nitrogen and oxygen atoms in total. The Hall–Kier alpha value is -0.940. The highest BCUT2D eigenvalue weighted by atomic mass is 35.5. The van der Waals surface area contributed by atoms with Gasteiger partial charge in [-0.1, -0.05) is 17.7 Å². The lowest BCUT2D eigenvalue weighted by Gasteiger charge is -2.21. The van der Waals surface area contributed by atoms with E-state index in [0.29, 0.717) is 0 Å². The van der Waals surface area contributed by atoms with Crippen LogP contribution in [-0.4, -0.2) is 24.7 Å². The van der Waals surface area contributed by atoms with Crippen LogP contribution in [0.3, 0.4) is 0 Å². The zero-order chi connectivity index (χ0) is 14.1. The first kappa shape index (κ1) is 16.4. The molecule has 1 aromatic heterocycles. The minimum Gasteiger partial charge on any atom is -0.378 e. The molecule has 1 aliphatic rings. The average molecular weight is 325 g/mol. The molecule has 0 radical (unpaired) electrons. The van der Waals surface area contributed by atoms with Crippen LogP contribution in [0.1, 0.15) is 27.7 Å². The lowest BCUT2D eigenvalue weighted by Crippen LogP contribution is -2.34. The van der Waals surface area contributed by atoms with Crippen LogP contribution in [0.2, 0.25) is 0 Å². The number of ether oxygens (including phenoxy) is 1. The van der Waals surface area contributed by atoms with Gasteiger partial charge >= 0.3 is 0 Å². The Morgan fingerprint density at radius 2 is 1.95 bits per heavy atom. The van der Waals surface area contributed by atoms with E-state index in [1.807, 2.05) is 0 Å². The smallest absolute Gasteiger partial charge is 0.113 e. The molecule has 2 aromatic rings. The lowest BCUT2D eigenvalue weighted by atomic mass is 9.98. The first-order chi connectivity index (χ1) is 9.65. The van der Waals surface area contributed by atoms with E-state index in [9.17, 15) is 0 Å². The number of hydrogen-bond acceptors (Lipinski definition) is 4. The van der Waals surface area contributed by atoms with E-state index in [0.717, 1.165) is 30.5 Å². The highest BCUT2D eigenvalue weighted by molar-refractivity contribution is 7.10. The van der Waals surface area contributed by atoms with Gasteiger partial charge in [-0.05, 0) is 31.9 Å². The van der Waals surface area contributed by atoms with Gasteiger partial charge in [0.05, 0.1) is 24.9 Å². The second-order valence-corrected chi connectivity index (χ2v) is 6.32. The molecule has 21 heavy (non-hydrogen) atoms. The maximum atomic E-state index is 5.52.